The van der Waals surface area contributed by atoms with Crippen LogP contribution in [0.25, 0.3) is 0 Å². The third-order valence-electron chi connectivity index (χ3n) is 4.89. The topological polar surface area (TPSA) is 58.9 Å². The standard InChI is InChI=1S/C21H26O4S/c1-15(13-22)20(23)21(2,26-17-6-4-3-5-7-17)11-10-16-8-9-18-19(12-16)25-14-24-18/h3-9,12,15,20,22-23H,10-11,13-14H2,1-2H3/t15-,20+,21+/m0/s1. The van der Waals surface area contributed by atoms with Gasteiger partial charge in [0.25, 0.3) is 0 Å². The van der Waals surface area contributed by atoms with Gasteiger partial charge in [0, 0.05) is 22.2 Å². The van der Waals surface area contributed by atoms with Crippen molar-refractivity contribution in [2.75, 3.05) is 13.4 Å². The zero-order chi connectivity index (χ0) is 18.6. The van der Waals surface area contributed by atoms with Crippen LogP contribution in [-0.2, 0) is 6.42 Å². The van der Waals surface area contributed by atoms with Crippen LogP contribution in [0.1, 0.15) is 25.8 Å². The van der Waals surface area contributed by atoms with Crippen molar-refractivity contribution in [3.8, 4) is 11.5 Å². The smallest absolute Gasteiger partial charge is 0.231 e. The lowest BCUT2D eigenvalue weighted by Gasteiger charge is -2.37. The zero-order valence-electron chi connectivity index (χ0n) is 15.2. The summed E-state index contributed by atoms with van der Waals surface area (Å²) < 4.78 is 10.4. The average Bonchev–Trinajstić information content (AvgIpc) is 3.13. The molecule has 2 aromatic rings. The lowest BCUT2D eigenvalue weighted by Crippen LogP contribution is -2.42. The van der Waals surface area contributed by atoms with E-state index in [1.165, 1.54) is 0 Å². The largest absolute Gasteiger partial charge is 0.454 e. The second-order valence-corrected chi connectivity index (χ2v) is 8.63. The van der Waals surface area contributed by atoms with Gasteiger partial charge in [-0.25, -0.2) is 0 Å². The van der Waals surface area contributed by atoms with E-state index in [2.05, 4.69) is 19.1 Å². The Balaban J connectivity index is 1.76. The molecule has 3 atom stereocenters. The molecule has 5 heteroatoms. The predicted molar refractivity (Wildman–Crippen MR) is 104 cm³/mol. The maximum atomic E-state index is 10.9. The Hall–Kier alpha value is -1.69. The Morgan fingerprint density at radius 3 is 2.58 bits per heavy atom. The summed E-state index contributed by atoms with van der Waals surface area (Å²) in [6.07, 6.45) is 0.964. The highest BCUT2D eigenvalue weighted by atomic mass is 32.2. The molecule has 0 saturated heterocycles. The molecule has 1 heterocycles. The molecule has 0 radical (unpaired) electrons. The molecule has 0 fully saturated rings. The summed E-state index contributed by atoms with van der Waals surface area (Å²) in [5, 5.41) is 20.4. The van der Waals surface area contributed by atoms with E-state index < -0.39 is 10.9 Å². The number of aryl methyl sites for hydroxylation is 1. The van der Waals surface area contributed by atoms with Gasteiger partial charge in [-0.1, -0.05) is 31.2 Å². The number of rotatable bonds is 8. The van der Waals surface area contributed by atoms with E-state index in [9.17, 15) is 10.2 Å². The van der Waals surface area contributed by atoms with Gasteiger partial charge in [0.05, 0.1) is 6.10 Å². The number of aliphatic hydroxyl groups excluding tert-OH is 2. The molecule has 0 amide bonds. The molecule has 2 aromatic carbocycles. The Labute approximate surface area is 159 Å². The third kappa shape index (κ3) is 4.34. The first-order chi connectivity index (χ1) is 12.5. The van der Waals surface area contributed by atoms with Crippen LogP contribution in [0.5, 0.6) is 11.5 Å². The molecule has 0 aliphatic carbocycles. The van der Waals surface area contributed by atoms with Crippen LogP contribution >= 0.6 is 11.8 Å². The van der Waals surface area contributed by atoms with Crippen molar-refractivity contribution < 1.29 is 19.7 Å². The van der Waals surface area contributed by atoms with Gasteiger partial charge in [-0.05, 0) is 49.6 Å². The number of benzene rings is 2. The van der Waals surface area contributed by atoms with Crippen molar-refractivity contribution in [2.45, 2.75) is 42.4 Å². The lowest BCUT2D eigenvalue weighted by molar-refractivity contribution is 0.0477. The van der Waals surface area contributed by atoms with Gasteiger partial charge in [-0.3, -0.25) is 0 Å². The van der Waals surface area contributed by atoms with Gasteiger partial charge in [-0.2, -0.15) is 0 Å². The molecule has 0 bridgehead atoms. The summed E-state index contributed by atoms with van der Waals surface area (Å²) in [7, 11) is 0. The molecule has 26 heavy (non-hydrogen) atoms. The van der Waals surface area contributed by atoms with Crippen LogP contribution in [0, 0.1) is 5.92 Å². The second-order valence-electron chi connectivity index (χ2n) is 7.02. The predicted octanol–water partition coefficient (Wildman–Crippen LogP) is 3.89. The van der Waals surface area contributed by atoms with Gasteiger partial charge < -0.3 is 19.7 Å². The molecule has 1 aliphatic heterocycles. The van der Waals surface area contributed by atoms with Gasteiger partial charge >= 0.3 is 0 Å². The first-order valence-corrected chi connectivity index (χ1v) is 9.75. The maximum Gasteiger partial charge on any atom is 0.231 e. The number of ether oxygens (including phenoxy) is 2. The van der Waals surface area contributed by atoms with E-state index in [1.54, 1.807) is 11.8 Å². The van der Waals surface area contributed by atoms with E-state index in [-0.39, 0.29) is 19.3 Å². The molecule has 140 valence electrons. The highest BCUT2D eigenvalue weighted by Gasteiger charge is 2.37. The number of hydrogen-bond acceptors (Lipinski definition) is 5. The Bertz CT molecular complexity index is 721. The van der Waals surface area contributed by atoms with Crippen LogP contribution in [0.15, 0.2) is 53.4 Å². The van der Waals surface area contributed by atoms with Gasteiger partial charge in [-0.15, -0.1) is 11.8 Å². The van der Waals surface area contributed by atoms with Crippen LogP contribution in [0.4, 0.5) is 0 Å². The molecule has 4 nitrogen and oxygen atoms in total. The van der Waals surface area contributed by atoms with Gasteiger partial charge in [0.2, 0.25) is 6.79 Å². The van der Waals surface area contributed by atoms with Crippen LogP contribution in [0.3, 0.4) is 0 Å². The monoisotopic (exact) mass is 374 g/mol. The summed E-state index contributed by atoms with van der Waals surface area (Å²) in [5.74, 6) is 1.38. The first kappa shape index (κ1) is 19.1. The molecule has 0 aromatic heterocycles. The molecule has 1 aliphatic rings. The van der Waals surface area contributed by atoms with Crippen LogP contribution in [0.2, 0.25) is 0 Å². The Morgan fingerprint density at radius 2 is 1.85 bits per heavy atom. The highest BCUT2D eigenvalue weighted by molar-refractivity contribution is 8.00. The minimum absolute atomic E-state index is 0.0316. The van der Waals surface area contributed by atoms with Gasteiger partial charge in [0.1, 0.15) is 0 Å². The van der Waals surface area contributed by atoms with Crippen molar-refractivity contribution in [1.29, 1.82) is 0 Å². The van der Waals surface area contributed by atoms with E-state index >= 15 is 0 Å². The number of hydrogen-bond donors (Lipinski definition) is 2. The maximum absolute atomic E-state index is 10.9. The van der Waals surface area contributed by atoms with E-state index in [1.807, 2.05) is 43.3 Å². The number of thioether (sulfide) groups is 1. The fourth-order valence-electron chi connectivity index (χ4n) is 3.21. The third-order valence-corrected chi connectivity index (χ3v) is 6.31. The van der Waals surface area contributed by atoms with Crippen LogP contribution < -0.4 is 9.47 Å². The van der Waals surface area contributed by atoms with Crippen molar-refractivity contribution in [3.05, 3.63) is 54.1 Å². The molecule has 0 spiro atoms. The summed E-state index contributed by atoms with van der Waals surface area (Å²) in [5.41, 5.74) is 1.15. The summed E-state index contributed by atoms with van der Waals surface area (Å²) in [4.78, 5) is 1.12. The molecular formula is C21H26O4S. The van der Waals surface area contributed by atoms with Crippen molar-refractivity contribution in [1.82, 2.24) is 0 Å². The molecular weight excluding hydrogens is 348 g/mol. The minimum atomic E-state index is -0.619. The minimum Gasteiger partial charge on any atom is -0.454 e. The van der Waals surface area contributed by atoms with Crippen molar-refractivity contribution >= 4 is 11.8 Å². The quantitative estimate of drug-likeness (QED) is 0.687. The molecule has 2 N–H and O–H groups in total. The van der Waals surface area contributed by atoms with E-state index in [0.29, 0.717) is 0 Å². The fourth-order valence-corrected chi connectivity index (χ4v) is 4.60. The SMILES string of the molecule is C[C@@H](CO)[C@@H](O)[C@@](C)(CCc1ccc2c(c1)OCO2)Sc1ccccc1. The van der Waals surface area contributed by atoms with E-state index in [0.717, 1.165) is 34.8 Å². The number of fused-ring (bicyclic) bond motifs is 1. The summed E-state index contributed by atoms with van der Waals surface area (Å²) in [6.45, 7) is 4.20. The highest BCUT2D eigenvalue weighted by Crippen LogP contribution is 2.42. The van der Waals surface area contributed by atoms with Crippen molar-refractivity contribution in [2.24, 2.45) is 5.92 Å². The molecule has 0 saturated carbocycles. The lowest BCUT2D eigenvalue weighted by atomic mass is 9.88. The Kier molecular flexibility index (Phi) is 6.12. The van der Waals surface area contributed by atoms with Crippen molar-refractivity contribution in [3.63, 3.8) is 0 Å². The Morgan fingerprint density at radius 1 is 1.12 bits per heavy atom. The molecule has 0 unspecified atom stereocenters. The first-order valence-electron chi connectivity index (χ1n) is 8.93. The summed E-state index contributed by atoms with van der Waals surface area (Å²) >= 11 is 1.67. The molecule has 3 rings (SSSR count). The zero-order valence-corrected chi connectivity index (χ0v) is 16.0. The normalized spacial score (nSPS) is 17.5. The number of aliphatic hydroxyl groups is 2. The van der Waals surface area contributed by atoms with Gasteiger partial charge in [0.15, 0.2) is 11.5 Å². The fraction of sp³-hybridized carbons (Fsp3) is 0.429. The van der Waals surface area contributed by atoms with E-state index in [4.69, 9.17) is 9.47 Å². The summed E-state index contributed by atoms with van der Waals surface area (Å²) in [6, 6.07) is 16.1. The van der Waals surface area contributed by atoms with Crippen LogP contribution in [-0.4, -0.2) is 34.5 Å². The second kappa shape index (κ2) is 8.33. The average molecular weight is 375 g/mol.